The van der Waals surface area contributed by atoms with Gasteiger partial charge < -0.3 is 0 Å². The van der Waals surface area contributed by atoms with Crippen LogP contribution in [0.4, 0.5) is 0 Å². The maximum atomic E-state index is 6.46. The molecule has 2 rings (SSSR count). The molecule has 2 atom stereocenters. The molecule has 0 saturated heterocycles. The minimum atomic E-state index is 0.289. The minimum Gasteiger partial charge on any atom is -0.122 e. The fourth-order valence-electron chi connectivity index (χ4n) is 2.90. The van der Waals surface area contributed by atoms with Crippen molar-refractivity contribution < 1.29 is 0 Å². The monoisotopic (exact) mass is 236 g/mol. The normalized spacial score (nSPS) is 24.9. The number of fused-ring (bicyclic) bond motifs is 1. The fraction of sp³-hybridized carbons (Fsp3) is 0.600. The van der Waals surface area contributed by atoms with Gasteiger partial charge in [0.25, 0.3) is 0 Å². The van der Waals surface area contributed by atoms with Crippen molar-refractivity contribution in [2.75, 3.05) is 0 Å². The molecule has 1 aliphatic rings. The van der Waals surface area contributed by atoms with Gasteiger partial charge in [0.05, 0.1) is 0 Å². The summed E-state index contributed by atoms with van der Waals surface area (Å²) >= 11 is 6.46. The van der Waals surface area contributed by atoms with Gasteiger partial charge in [0.1, 0.15) is 0 Å². The molecule has 88 valence electrons. The van der Waals surface area contributed by atoms with Crippen molar-refractivity contribution in [1.82, 2.24) is 0 Å². The topological polar surface area (TPSA) is 0 Å². The van der Waals surface area contributed by atoms with Gasteiger partial charge >= 0.3 is 0 Å². The Kier molecular flexibility index (Phi) is 3.30. The van der Waals surface area contributed by atoms with Crippen LogP contribution in [0.3, 0.4) is 0 Å². The molecule has 0 fully saturated rings. The van der Waals surface area contributed by atoms with Crippen molar-refractivity contribution in [2.45, 2.75) is 56.7 Å². The second-order valence-electron chi connectivity index (χ2n) is 5.54. The number of hydrogen-bond acceptors (Lipinski definition) is 0. The van der Waals surface area contributed by atoms with Crippen molar-refractivity contribution in [3.05, 3.63) is 35.4 Å². The molecule has 0 aromatic heterocycles. The van der Waals surface area contributed by atoms with Gasteiger partial charge in [0, 0.05) is 11.3 Å². The van der Waals surface area contributed by atoms with Crippen LogP contribution < -0.4 is 0 Å². The van der Waals surface area contributed by atoms with Gasteiger partial charge in [-0.25, -0.2) is 0 Å². The van der Waals surface area contributed by atoms with E-state index >= 15 is 0 Å². The van der Waals surface area contributed by atoms with Crippen molar-refractivity contribution in [2.24, 2.45) is 0 Å². The summed E-state index contributed by atoms with van der Waals surface area (Å²) in [7, 11) is 0. The first-order chi connectivity index (χ1) is 7.56. The minimum absolute atomic E-state index is 0.289. The predicted molar refractivity (Wildman–Crippen MR) is 71.4 cm³/mol. The molecule has 1 heteroatoms. The predicted octanol–water partition coefficient (Wildman–Crippen LogP) is 4.86. The lowest BCUT2D eigenvalue weighted by atomic mass is 9.68. The lowest BCUT2D eigenvalue weighted by Gasteiger charge is -2.38. The van der Waals surface area contributed by atoms with Crippen LogP contribution in [0.1, 0.15) is 57.1 Å². The van der Waals surface area contributed by atoms with Gasteiger partial charge in [-0.1, -0.05) is 45.0 Å². The molecule has 0 spiro atoms. The highest BCUT2D eigenvalue weighted by atomic mass is 35.5. The summed E-state index contributed by atoms with van der Waals surface area (Å²) in [6.45, 7) is 6.87. The molecule has 0 nitrogen and oxygen atoms in total. The zero-order valence-electron chi connectivity index (χ0n) is 10.5. The summed E-state index contributed by atoms with van der Waals surface area (Å²) in [5.74, 6) is 0.552. The molecule has 16 heavy (non-hydrogen) atoms. The molecule has 0 N–H and O–H groups in total. The molecule has 0 amide bonds. The van der Waals surface area contributed by atoms with E-state index in [0.717, 1.165) is 6.42 Å². The van der Waals surface area contributed by atoms with E-state index < -0.39 is 0 Å². The van der Waals surface area contributed by atoms with Gasteiger partial charge in [-0.2, -0.15) is 0 Å². The quantitative estimate of drug-likeness (QED) is 0.644. The van der Waals surface area contributed by atoms with Gasteiger partial charge in [-0.05, 0) is 35.8 Å². The number of hydrogen-bond donors (Lipinski definition) is 0. The van der Waals surface area contributed by atoms with Crippen LogP contribution in [0.15, 0.2) is 24.3 Å². The molecule has 2 unspecified atom stereocenters. The van der Waals surface area contributed by atoms with E-state index in [1.54, 1.807) is 0 Å². The highest BCUT2D eigenvalue weighted by Gasteiger charge is 2.34. The Hall–Kier alpha value is -0.490. The first-order valence-corrected chi connectivity index (χ1v) is 6.73. The van der Waals surface area contributed by atoms with Crippen molar-refractivity contribution >= 4 is 11.6 Å². The van der Waals surface area contributed by atoms with Crippen LogP contribution in [-0.4, -0.2) is 5.38 Å². The smallest absolute Gasteiger partial charge is 0.0402 e. The van der Waals surface area contributed by atoms with Crippen molar-refractivity contribution in [1.29, 1.82) is 0 Å². The Balaban J connectivity index is 2.43. The highest BCUT2D eigenvalue weighted by Crippen LogP contribution is 2.45. The van der Waals surface area contributed by atoms with E-state index in [-0.39, 0.29) is 5.38 Å². The fourth-order valence-corrected chi connectivity index (χ4v) is 3.17. The number of benzene rings is 1. The summed E-state index contributed by atoms with van der Waals surface area (Å²) < 4.78 is 0. The SMILES string of the molecule is CCC(Cl)C1CCC(C)(C)c2ccccc21. The van der Waals surface area contributed by atoms with Gasteiger partial charge in [-0.3, -0.25) is 0 Å². The molecular formula is C15H21Cl. The first kappa shape index (κ1) is 12.0. The second-order valence-corrected chi connectivity index (χ2v) is 6.10. The Morgan fingerprint density at radius 2 is 2.06 bits per heavy atom. The van der Waals surface area contributed by atoms with E-state index in [1.807, 2.05) is 0 Å². The van der Waals surface area contributed by atoms with Crippen LogP contribution >= 0.6 is 11.6 Å². The molecule has 1 aromatic carbocycles. The summed E-state index contributed by atoms with van der Waals surface area (Å²) in [6.07, 6.45) is 3.53. The molecule has 0 radical (unpaired) electrons. The zero-order chi connectivity index (χ0) is 11.8. The Morgan fingerprint density at radius 1 is 1.38 bits per heavy atom. The molecule has 1 aromatic rings. The lowest BCUT2D eigenvalue weighted by Crippen LogP contribution is -2.29. The van der Waals surface area contributed by atoms with Crippen LogP contribution in [0, 0.1) is 0 Å². The summed E-state index contributed by atoms with van der Waals surface area (Å²) in [6, 6.07) is 8.84. The summed E-state index contributed by atoms with van der Waals surface area (Å²) in [5, 5.41) is 0.289. The van der Waals surface area contributed by atoms with Crippen molar-refractivity contribution in [3.8, 4) is 0 Å². The zero-order valence-corrected chi connectivity index (χ0v) is 11.2. The Morgan fingerprint density at radius 3 is 2.75 bits per heavy atom. The lowest BCUT2D eigenvalue weighted by molar-refractivity contribution is 0.383. The molecule has 0 heterocycles. The second kappa shape index (κ2) is 4.41. The average molecular weight is 237 g/mol. The Bertz CT molecular complexity index is 367. The molecule has 0 saturated carbocycles. The van der Waals surface area contributed by atoms with E-state index in [9.17, 15) is 0 Å². The van der Waals surface area contributed by atoms with Crippen LogP contribution in [0.2, 0.25) is 0 Å². The number of rotatable bonds is 2. The standard InChI is InChI=1S/C15H21Cl/c1-4-14(16)12-9-10-15(2,3)13-8-6-5-7-11(12)13/h5-8,12,14H,4,9-10H2,1-3H3. The van der Waals surface area contributed by atoms with E-state index in [4.69, 9.17) is 11.6 Å². The molecular weight excluding hydrogens is 216 g/mol. The van der Waals surface area contributed by atoms with Crippen molar-refractivity contribution in [3.63, 3.8) is 0 Å². The maximum Gasteiger partial charge on any atom is 0.0402 e. The van der Waals surface area contributed by atoms with Crippen LogP contribution in [-0.2, 0) is 5.41 Å². The third-order valence-electron chi connectivity index (χ3n) is 4.00. The summed E-state index contributed by atoms with van der Waals surface area (Å²) in [5.41, 5.74) is 3.31. The van der Waals surface area contributed by atoms with Crippen LogP contribution in [0.25, 0.3) is 0 Å². The first-order valence-electron chi connectivity index (χ1n) is 6.29. The van der Waals surface area contributed by atoms with E-state index in [2.05, 4.69) is 45.0 Å². The van der Waals surface area contributed by atoms with E-state index in [0.29, 0.717) is 11.3 Å². The third kappa shape index (κ3) is 2.00. The largest absolute Gasteiger partial charge is 0.122 e. The van der Waals surface area contributed by atoms with Gasteiger partial charge in [0.2, 0.25) is 0 Å². The highest BCUT2D eigenvalue weighted by molar-refractivity contribution is 6.21. The number of alkyl halides is 1. The summed E-state index contributed by atoms with van der Waals surface area (Å²) in [4.78, 5) is 0. The van der Waals surface area contributed by atoms with Gasteiger partial charge in [-0.15, -0.1) is 11.6 Å². The number of halogens is 1. The average Bonchev–Trinajstić information content (AvgIpc) is 2.28. The third-order valence-corrected chi connectivity index (χ3v) is 4.61. The Labute approximate surface area is 104 Å². The molecule has 1 aliphatic carbocycles. The molecule has 0 bridgehead atoms. The molecule has 0 aliphatic heterocycles. The van der Waals surface area contributed by atoms with E-state index in [1.165, 1.54) is 24.0 Å². The van der Waals surface area contributed by atoms with Gasteiger partial charge in [0.15, 0.2) is 0 Å². The van der Waals surface area contributed by atoms with Crippen LogP contribution in [0.5, 0.6) is 0 Å². The maximum absolute atomic E-state index is 6.46.